The van der Waals surface area contributed by atoms with E-state index in [0.29, 0.717) is 36.8 Å². The summed E-state index contributed by atoms with van der Waals surface area (Å²) < 4.78 is 5.58. The van der Waals surface area contributed by atoms with Gasteiger partial charge in [0.1, 0.15) is 5.82 Å². The molecule has 0 radical (unpaired) electrons. The van der Waals surface area contributed by atoms with Gasteiger partial charge >= 0.3 is 5.97 Å². The van der Waals surface area contributed by atoms with Gasteiger partial charge in [-0.3, -0.25) is 4.79 Å². The van der Waals surface area contributed by atoms with Gasteiger partial charge in [-0.1, -0.05) is 18.5 Å². The zero-order valence-electron chi connectivity index (χ0n) is 16.0. The molecular weight excluding hydrogens is 386 g/mol. The molecule has 3 rings (SSSR count). The topological polar surface area (TPSA) is 123 Å². The highest BCUT2D eigenvalue weighted by Gasteiger charge is 2.32. The number of amides is 1. The SMILES string of the molecule is CCc1[nH]c(C(=O)NC2CCN(c3cc(C(=O)O)c(C)[nH]3)CC2OC)nc1Cl. The Hall–Kier alpha value is -2.52. The van der Waals surface area contributed by atoms with Crippen molar-refractivity contribution in [3.05, 3.63) is 34.0 Å². The molecule has 0 aromatic carbocycles. The van der Waals surface area contributed by atoms with Crippen LogP contribution in [0.4, 0.5) is 5.82 Å². The number of aromatic carboxylic acids is 1. The van der Waals surface area contributed by atoms with Crippen LogP contribution in [-0.2, 0) is 11.2 Å². The molecule has 1 amide bonds. The number of rotatable bonds is 6. The van der Waals surface area contributed by atoms with Crippen LogP contribution < -0.4 is 10.2 Å². The van der Waals surface area contributed by atoms with Crippen molar-refractivity contribution in [3.63, 3.8) is 0 Å². The third kappa shape index (κ3) is 4.00. The third-order valence-corrected chi connectivity index (χ3v) is 5.36. The first kappa shape index (κ1) is 20.2. The van der Waals surface area contributed by atoms with Crippen LogP contribution in [-0.4, -0.2) is 64.3 Å². The molecule has 28 heavy (non-hydrogen) atoms. The first-order valence-electron chi connectivity index (χ1n) is 9.09. The second kappa shape index (κ2) is 8.24. The van der Waals surface area contributed by atoms with Crippen LogP contribution in [0, 0.1) is 6.92 Å². The molecule has 4 N–H and O–H groups in total. The summed E-state index contributed by atoms with van der Waals surface area (Å²) in [4.78, 5) is 35.9. The quantitative estimate of drug-likeness (QED) is 0.578. The predicted molar refractivity (Wildman–Crippen MR) is 104 cm³/mol. The normalized spacial score (nSPS) is 19.6. The molecule has 2 unspecified atom stereocenters. The average molecular weight is 410 g/mol. The summed E-state index contributed by atoms with van der Waals surface area (Å²) in [6.45, 7) is 4.81. The number of H-pyrrole nitrogens is 2. The summed E-state index contributed by atoms with van der Waals surface area (Å²) in [5.74, 6) is -0.377. The Morgan fingerprint density at radius 1 is 1.46 bits per heavy atom. The highest BCUT2D eigenvalue weighted by molar-refractivity contribution is 6.30. The number of piperidine rings is 1. The molecule has 1 aliphatic rings. The maximum Gasteiger partial charge on any atom is 0.337 e. The molecule has 2 aromatic heterocycles. The van der Waals surface area contributed by atoms with Gasteiger partial charge in [-0.25, -0.2) is 9.78 Å². The van der Waals surface area contributed by atoms with E-state index in [0.717, 1.165) is 11.5 Å². The van der Waals surface area contributed by atoms with Gasteiger partial charge < -0.3 is 30.0 Å². The Balaban J connectivity index is 1.68. The number of hydrogen-bond donors (Lipinski definition) is 4. The number of nitrogens with one attached hydrogen (secondary N) is 3. The number of hydrogen-bond acceptors (Lipinski definition) is 5. The maximum atomic E-state index is 12.5. The van der Waals surface area contributed by atoms with Crippen molar-refractivity contribution >= 4 is 29.3 Å². The number of imidazole rings is 1. The van der Waals surface area contributed by atoms with Gasteiger partial charge in [0.25, 0.3) is 5.91 Å². The lowest BCUT2D eigenvalue weighted by Gasteiger charge is -2.38. The van der Waals surface area contributed by atoms with Gasteiger partial charge in [0.15, 0.2) is 11.0 Å². The molecular formula is C18H24ClN5O4. The van der Waals surface area contributed by atoms with Crippen LogP contribution in [0.25, 0.3) is 0 Å². The molecule has 152 valence electrons. The van der Waals surface area contributed by atoms with E-state index in [-0.39, 0.29) is 29.4 Å². The van der Waals surface area contributed by atoms with Crippen LogP contribution in [0.3, 0.4) is 0 Å². The lowest BCUT2D eigenvalue weighted by atomic mass is 10.0. The second-order valence-electron chi connectivity index (χ2n) is 6.80. The van der Waals surface area contributed by atoms with E-state index in [1.165, 1.54) is 0 Å². The fourth-order valence-corrected chi connectivity index (χ4v) is 3.70. The highest BCUT2D eigenvalue weighted by Crippen LogP contribution is 2.24. The fourth-order valence-electron chi connectivity index (χ4n) is 3.44. The Morgan fingerprint density at radius 2 is 2.21 bits per heavy atom. The number of aryl methyl sites for hydroxylation is 2. The lowest BCUT2D eigenvalue weighted by Crippen LogP contribution is -2.55. The Morgan fingerprint density at radius 3 is 2.79 bits per heavy atom. The molecule has 1 aliphatic heterocycles. The zero-order valence-corrected chi connectivity index (χ0v) is 16.8. The third-order valence-electron chi connectivity index (χ3n) is 5.05. The summed E-state index contributed by atoms with van der Waals surface area (Å²) in [6, 6.07) is 1.43. The van der Waals surface area contributed by atoms with E-state index in [2.05, 4.69) is 20.3 Å². The van der Waals surface area contributed by atoms with Crippen LogP contribution in [0.5, 0.6) is 0 Å². The van der Waals surface area contributed by atoms with Gasteiger partial charge in [0, 0.05) is 25.9 Å². The summed E-state index contributed by atoms with van der Waals surface area (Å²) in [5, 5.41) is 12.5. The van der Waals surface area contributed by atoms with E-state index in [1.54, 1.807) is 20.1 Å². The van der Waals surface area contributed by atoms with E-state index in [1.807, 2.05) is 11.8 Å². The summed E-state index contributed by atoms with van der Waals surface area (Å²) in [7, 11) is 1.59. The molecule has 10 heteroatoms. The monoisotopic (exact) mass is 409 g/mol. The molecule has 1 fully saturated rings. The Labute approximate surface area is 167 Å². The number of anilines is 1. The van der Waals surface area contributed by atoms with Gasteiger partial charge in [-0.2, -0.15) is 0 Å². The highest BCUT2D eigenvalue weighted by atomic mass is 35.5. The molecule has 0 spiro atoms. The van der Waals surface area contributed by atoms with Crippen molar-refractivity contribution in [3.8, 4) is 0 Å². The van der Waals surface area contributed by atoms with E-state index in [4.69, 9.17) is 16.3 Å². The van der Waals surface area contributed by atoms with Crippen molar-refractivity contribution in [2.24, 2.45) is 0 Å². The summed E-state index contributed by atoms with van der Waals surface area (Å²) in [5.41, 5.74) is 1.58. The first-order chi connectivity index (χ1) is 13.3. The van der Waals surface area contributed by atoms with Gasteiger partial charge in [-0.15, -0.1) is 0 Å². The maximum absolute atomic E-state index is 12.5. The summed E-state index contributed by atoms with van der Waals surface area (Å²) >= 11 is 6.01. The van der Waals surface area contributed by atoms with Crippen LogP contribution in [0.2, 0.25) is 5.15 Å². The van der Waals surface area contributed by atoms with Gasteiger partial charge in [0.2, 0.25) is 0 Å². The minimum Gasteiger partial charge on any atom is -0.478 e. The van der Waals surface area contributed by atoms with Crippen molar-refractivity contribution in [1.29, 1.82) is 0 Å². The number of nitrogens with zero attached hydrogens (tertiary/aromatic N) is 2. The zero-order chi connectivity index (χ0) is 20.4. The molecule has 0 saturated carbocycles. The standard InChI is InChI=1S/C18H24ClN5O4/c1-4-11-15(19)23-16(21-11)17(25)22-12-5-6-24(8-13(12)28-3)14-7-10(18(26)27)9(2)20-14/h7,12-13,20H,4-6,8H2,1-3H3,(H,21,23)(H,22,25)(H,26,27). The first-order valence-corrected chi connectivity index (χ1v) is 9.47. The number of halogens is 1. The molecule has 2 aromatic rings. The average Bonchev–Trinajstić information content (AvgIpc) is 3.24. The number of carboxylic acid groups (broad SMARTS) is 1. The molecule has 2 atom stereocenters. The predicted octanol–water partition coefficient (Wildman–Crippen LogP) is 1.98. The van der Waals surface area contributed by atoms with Gasteiger partial charge in [0.05, 0.1) is 23.4 Å². The van der Waals surface area contributed by atoms with Crippen molar-refractivity contribution < 1.29 is 19.4 Å². The smallest absolute Gasteiger partial charge is 0.337 e. The van der Waals surface area contributed by atoms with Gasteiger partial charge in [-0.05, 0) is 25.8 Å². The minimum atomic E-state index is -0.964. The fraction of sp³-hybridized carbons (Fsp3) is 0.500. The van der Waals surface area contributed by atoms with Crippen LogP contribution >= 0.6 is 11.6 Å². The largest absolute Gasteiger partial charge is 0.478 e. The van der Waals surface area contributed by atoms with E-state index >= 15 is 0 Å². The lowest BCUT2D eigenvalue weighted by molar-refractivity contribution is 0.0537. The van der Waals surface area contributed by atoms with Crippen molar-refractivity contribution in [1.82, 2.24) is 20.3 Å². The number of methoxy groups -OCH3 is 1. The number of ether oxygens (including phenoxy) is 1. The molecule has 1 saturated heterocycles. The Bertz CT molecular complexity index is 877. The van der Waals surface area contributed by atoms with Crippen molar-refractivity contribution in [2.45, 2.75) is 38.8 Å². The number of carbonyl (C=O) groups is 2. The number of aromatic amines is 2. The number of aromatic nitrogens is 3. The van der Waals surface area contributed by atoms with E-state index in [9.17, 15) is 14.7 Å². The number of carbonyl (C=O) groups excluding carboxylic acids is 1. The molecule has 9 nitrogen and oxygen atoms in total. The minimum absolute atomic E-state index is 0.185. The van der Waals surface area contributed by atoms with Crippen molar-refractivity contribution in [2.75, 3.05) is 25.1 Å². The molecule has 3 heterocycles. The van der Waals surface area contributed by atoms with E-state index < -0.39 is 5.97 Å². The van der Waals surface area contributed by atoms with Crippen LogP contribution in [0.15, 0.2) is 6.07 Å². The molecule has 0 aliphatic carbocycles. The summed E-state index contributed by atoms with van der Waals surface area (Å²) in [6.07, 6.45) is 1.04. The number of carboxylic acids is 1. The van der Waals surface area contributed by atoms with Crippen LogP contribution in [0.1, 0.15) is 45.7 Å². The second-order valence-corrected chi connectivity index (χ2v) is 7.15. The molecule has 0 bridgehead atoms. The Kier molecular flexibility index (Phi) is 5.95.